The number of nitrogen functional groups attached to an aromatic ring is 1. The summed E-state index contributed by atoms with van der Waals surface area (Å²) in [4.78, 5) is 29.5. The van der Waals surface area contributed by atoms with E-state index in [0.29, 0.717) is 34.3 Å². The fourth-order valence-corrected chi connectivity index (χ4v) is 2.51. The largest absolute Gasteiger partial charge is 0.368 e. The van der Waals surface area contributed by atoms with Crippen molar-refractivity contribution in [2.45, 2.75) is 12.8 Å². The molecular weight excluding hydrogens is 351 g/mol. The summed E-state index contributed by atoms with van der Waals surface area (Å²) < 4.78 is 14.9. The Morgan fingerprint density at radius 2 is 1.85 bits per heavy atom. The highest BCUT2D eigenvalue weighted by molar-refractivity contribution is 5.85. The van der Waals surface area contributed by atoms with Gasteiger partial charge in [0.1, 0.15) is 11.6 Å². The number of aryl methyl sites for hydroxylation is 1. The van der Waals surface area contributed by atoms with Gasteiger partial charge in [-0.05, 0) is 6.92 Å². The molecule has 0 unspecified atom stereocenters. The molecule has 0 aliphatic rings. The van der Waals surface area contributed by atoms with Crippen LogP contribution in [-0.4, -0.2) is 39.5 Å². The number of rotatable bonds is 4. The Morgan fingerprint density at radius 1 is 1.07 bits per heavy atom. The molecular formula is C16H15FN10. The summed E-state index contributed by atoms with van der Waals surface area (Å²) in [5.74, 6) is 0.666. The smallest absolute Gasteiger partial charge is 0.224 e. The third-order valence-corrected chi connectivity index (χ3v) is 3.87. The maximum Gasteiger partial charge on any atom is 0.224 e. The van der Waals surface area contributed by atoms with Crippen molar-refractivity contribution in [1.29, 1.82) is 0 Å². The number of aromatic nitrogens is 8. The lowest BCUT2D eigenvalue weighted by atomic mass is 10.1. The lowest BCUT2D eigenvalue weighted by Gasteiger charge is -2.11. The van der Waals surface area contributed by atoms with E-state index in [2.05, 4.69) is 40.2 Å². The van der Waals surface area contributed by atoms with Crippen molar-refractivity contribution in [3.05, 3.63) is 48.5 Å². The first-order valence-corrected chi connectivity index (χ1v) is 8.02. The second kappa shape index (κ2) is 6.52. The Bertz CT molecular complexity index is 1110. The van der Waals surface area contributed by atoms with E-state index in [0.717, 1.165) is 12.4 Å². The number of hydrogen-bond acceptors (Lipinski definition) is 9. The molecule has 0 amide bonds. The summed E-state index contributed by atoms with van der Waals surface area (Å²) in [6.07, 6.45) is 7.24. The molecule has 0 bridgehead atoms. The summed E-state index contributed by atoms with van der Waals surface area (Å²) in [5, 5.41) is 3.08. The zero-order valence-corrected chi connectivity index (χ0v) is 14.5. The standard InChI is InChI=1S/C16H15FN10/c1-8(13-19-3-9(17)4-20-13)10-5-21-14-12(23-10)15(26-16(18)25-14)24-11-6-27(2)7-22-11/h3-8H,1-2H3,(H3,18,21,24,25,26)/t8-/m1/s1. The van der Waals surface area contributed by atoms with Crippen LogP contribution in [-0.2, 0) is 7.05 Å². The Hall–Kier alpha value is -3.76. The first-order valence-electron chi connectivity index (χ1n) is 8.02. The van der Waals surface area contributed by atoms with Crippen molar-refractivity contribution < 1.29 is 4.39 Å². The summed E-state index contributed by atoms with van der Waals surface area (Å²) in [6.45, 7) is 1.85. The molecule has 0 aliphatic heterocycles. The van der Waals surface area contributed by atoms with Gasteiger partial charge >= 0.3 is 0 Å². The molecule has 0 fully saturated rings. The van der Waals surface area contributed by atoms with Gasteiger partial charge in [0.2, 0.25) is 5.95 Å². The monoisotopic (exact) mass is 366 g/mol. The van der Waals surface area contributed by atoms with Crippen LogP contribution in [0.3, 0.4) is 0 Å². The number of nitrogens with two attached hydrogens (primary N) is 1. The van der Waals surface area contributed by atoms with E-state index in [-0.39, 0.29) is 11.9 Å². The molecule has 0 radical (unpaired) electrons. The fourth-order valence-electron chi connectivity index (χ4n) is 2.51. The fraction of sp³-hybridized carbons (Fsp3) is 0.188. The van der Waals surface area contributed by atoms with Gasteiger partial charge in [0, 0.05) is 13.2 Å². The molecule has 0 saturated heterocycles. The number of hydrogen-bond donors (Lipinski definition) is 2. The number of imidazole rings is 1. The molecule has 0 saturated carbocycles. The lowest BCUT2D eigenvalue weighted by molar-refractivity contribution is 0.605. The summed E-state index contributed by atoms with van der Waals surface area (Å²) in [6, 6.07) is 0. The molecule has 3 N–H and O–H groups in total. The van der Waals surface area contributed by atoms with Gasteiger partial charge in [-0.25, -0.2) is 29.3 Å². The molecule has 4 aromatic heterocycles. The van der Waals surface area contributed by atoms with Gasteiger partial charge < -0.3 is 15.6 Å². The van der Waals surface area contributed by atoms with Crippen LogP contribution in [0.5, 0.6) is 0 Å². The van der Waals surface area contributed by atoms with Gasteiger partial charge in [-0.15, -0.1) is 0 Å². The first-order chi connectivity index (χ1) is 13.0. The van der Waals surface area contributed by atoms with E-state index in [1.54, 1.807) is 23.3 Å². The van der Waals surface area contributed by atoms with E-state index >= 15 is 0 Å². The zero-order chi connectivity index (χ0) is 19.0. The first kappa shape index (κ1) is 16.7. The van der Waals surface area contributed by atoms with Crippen molar-refractivity contribution in [2.24, 2.45) is 7.05 Å². The van der Waals surface area contributed by atoms with E-state index in [9.17, 15) is 4.39 Å². The molecule has 4 rings (SSSR count). The van der Waals surface area contributed by atoms with Gasteiger partial charge in [-0.2, -0.15) is 9.97 Å². The maximum absolute atomic E-state index is 13.1. The highest BCUT2D eigenvalue weighted by atomic mass is 19.1. The second-order valence-electron chi connectivity index (χ2n) is 5.93. The van der Waals surface area contributed by atoms with Gasteiger partial charge in [0.25, 0.3) is 0 Å². The highest BCUT2D eigenvalue weighted by Gasteiger charge is 2.17. The molecule has 4 heterocycles. The average Bonchev–Trinajstić information content (AvgIpc) is 3.06. The minimum absolute atomic E-state index is 0.0675. The van der Waals surface area contributed by atoms with Gasteiger partial charge in [-0.1, -0.05) is 0 Å². The van der Waals surface area contributed by atoms with E-state index < -0.39 is 5.82 Å². The minimum Gasteiger partial charge on any atom is -0.368 e. The van der Waals surface area contributed by atoms with Crippen LogP contribution in [0, 0.1) is 5.82 Å². The summed E-state index contributed by atoms with van der Waals surface area (Å²) in [7, 11) is 1.85. The van der Waals surface area contributed by atoms with Crippen molar-refractivity contribution in [2.75, 3.05) is 11.1 Å². The molecule has 0 aliphatic carbocycles. The molecule has 27 heavy (non-hydrogen) atoms. The van der Waals surface area contributed by atoms with Crippen LogP contribution in [0.4, 0.5) is 22.0 Å². The number of fused-ring (bicyclic) bond motifs is 1. The predicted octanol–water partition coefficient (Wildman–Crippen LogP) is 1.56. The molecule has 10 nitrogen and oxygen atoms in total. The molecule has 136 valence electrons. The maximum atomic E-state index is 13.1. The Kier molecular flexibility index (Phi) is 4.03. The van der Waals surface area contributed by atoms with Crippen molar-refractivity contribution in [1.82, 2.24) is 39.5 Å². The van der Waals surface area contributed by atoms with Crippen LogP contribution >= 0.6 is 0 Å². The SMILES string of the molecule is C[C@H](c1cnc2nc(N)nc(Nc3cn(C)cn3)c2n1)c1ncc(F)cn1. The van der Waals surface area contributed by atoms with Crippen LogP contribution in [0.15, 0.2) is 31.1 Å². The lowest BCUT2D eigenvalue weighted by Crippen LogP contribution is -2.08. The highest BCUT2D eigenvalue weighted by Crippen LogP contribution is 2.25. The predicted molar refractivity (Wildman–Crippen MR) is 95.5 cm³/mol. The molecule has 11 heteroatoms. The van der Waals surface area contributed by atoms with Crippen molar-refractivity contribution in [3.63, 3.8) is 0 Å². The topological polar surface area (TPSA) is 133 Å². The third-order valence-electron chi connectivity index (χ3n) is 3.87. The molecule has 0 aromatic carbocycles. The van der Waals surface area contributed by atoms with Crippen molar-refractivity contribution in [3.8, 4) is 0 Å². The van der Waals surface area contributed by atoms with Crippen molar-refractivity contribution >= 4 is 28.7 Å². The van der Waals surface area contributed by atoms with Crippen LogP contribution in [0.2, 0.25) is 0 Å². The molecule has 0 spiro atoms. The quantitative estimate of drug-likeness (QED) is 0.552. The Morgan fingerprint density at radius 3 is 2.56 bits per heavy atom. The summed E-state index contributed by atoms with van der Waals surface area (Å²) in [5.41, 5.74) is 7.14. The van der Waals surface area contributed by atoms with Gasteiger partial charge in [-0.3, -0.25) is 0 Å². The normalized spacial score (nSPS) is 12.3. The number of halogens is 1. The number of anilines is 3. The minimum atomic E-state index is -0.499. The van der Waals surface area contributed by atoms with E-state index in [1.807, 2.05) is 14.0 Å². The molecule has 1 atom stereocenters. The molecule has 4 aromatic rings. The van der Waals surface area contributed by atoms with Gasteiger partial charge in [0.05, 0.1) is 36.5 Å². The van der Waals surface area contributed by atoms with E-state index in [4.69, 9.17) is 5.73 Å². The van der Waals surface area contributed by atoms with E-state index in [1.165, 1.54) is 0 Å². The van der Waals surface area contributed by atoms with Crippen LogP contribution in [0.1, 0.15) is 24.4 Å². The Balaban J connectivity index is 1.77. The Labute approximate surface area is 152 Å². The van der Waals surface area contributed by atoms with Crippen LogP contribution in [0.25, 0.3) is 11.2 Å². The third kappa shape index (κ3) is 3.34. The van der Waals surface area contributed by atoms with Gasteiger partial charge in [0.15, 0.2) is 22.8 Å². The number of nitrogens with one attached hydrogen (secondary N) is 1. The number of nitrogens with zero attached hydrogens (tertiary/aromatic N) is 8. The average molecular weight is 366 g/mol. The summed E-state index contributed by atoms with van der Waals surface area (Å²) >= 11 is 0. The second-order valence-corrected chi connectivity index (χ2v) is 5.93. The zero-order valence-electron chi connectivity index (χ0n) is 14.5. The van der Waals surface area contributed by atoms with Crippen LogP contribution < -0.4 is 11.1 Å².